The van der Waals surface area contributed by atoms with Gasteiger partial charge in [0.15, 0.2) is 0 Å². The number of pyridine rings is 1. The highest BCUT2D eigenvalue weighted by atomic mass is 16.2. The number of piperazine rings is 1. The van der Waals surface area contributed by atoms with Gasteiger partial charge in [-0.3, -0.25) is 4.79 Å². The van der Waals surface area contributed by atoms with E-state index < -0.39 is 5.41 Å². The Kier molecular flexibility index (Phi) is 7.78. The Morgan fingerprint density at radius 2 is 1.51 bits per heavy atom. The van der Waals surface area contributed by atoms with Crippen molar-refractivity contribution < 1.29 is 9.59 Å². The van der Waals surface area contributed by atoms with Gasteiger partial charge in [-0.1, -0.05) is 60.7 Å². The standard InChI is InChI=1S/C31H34N6O2/c1-24(26-8-4-2-5-9-26)34-29(38)31(27-10-6-3-7-11-27)13-16-36(17-14-31)30(39)37-20-18-35(19-21-37)28-22-25(23-32)12-15-33-28/h2-12,15,22,24H,13-14,16-21H2,1H3,(H,34,38). The van der Waals surface area contributed by atoms with Gasteiger partial charge >= 0.3 is 6.03 Å². The van der Waals surface area contributed by atoms with E-state index in [4.69, 9.17) is 0 Å². The Morgan fingerprint density at radius 1 is 0.897 bits per heavy atom. The van der Waals surface area contributed by atoms with Crippen LogP contribution < -0.4 is 10.2 Å². The second-order valence-electron chi connectivity index (χ2n) is 10.3. The molecule has 0 spiro atoms. The lowest BCUT2D eigenvalue weighted by Gasteiger charge is -2.44. The zero-order chi connectivity index (χ0) is 27.2. The molecule has 3 amide bonds. The van der Waals surface area contributed by atoms with Gasteiger partial charge in [-0.25, -0.2) is 9.78 Å². The smallest absolute Gasteiger partial charge is 0.320 e. The Hall–Kier alpha value is -4.38. The summed E-state index contributed by atoms with van der Waals surface area (Å²) in [7, 11) is 0. The molecular weight excluding hydrogens is 488 g/mol. The van der Waals surface area contributed by atoms with Crippen LogP contribution in [0.25, 0.3) is 0 Å². The first kappa shape index (κ1) is 26.2. The molecule has 5 rings (SSSR count). The van der Waals surface area contributed by atoms with Crippen molar-refractivity contribution in [3.8, 4) is 6.07 Å². The number of carbonyl (C=O) groups is 2. The number of urea groups is 1. The quantitative estimate of drug-likeness (QED) is 0.545. The van der Waals surface area contributed by atoms with Crippen molar-refractivity contribution in [2.24, 2.45) is 0 Å². The van der Waals surface area contributed by atoms with E-state index in [-0.39, 0.29) is 18.0 Å². The van der Waals surface area contributed by atoms with Crippen LogP contribution in [0.2, 0.25) is 0 Å². The molecule has 0 bridgehead atoms. The van der Waals surface area contributed by atoms with E-state index in [1.807, 2.05) is 77.4 Å². The van der Waals surface area contributed by atoms with Crippen molar-refractivity contribution >= 4 is 17.8 Å². The van der Waals surface area contributed by atoms with Crippen molar-refractivity contribution in [3.63, 3.8) is 0 Å². The SMILES string of the molecule is CC(NC(=O)C1(c2ccccc2)CCN(C(=O)N2CCN(c3cc(C#N)ccn3)CC2)CC1)c1ccccc1. The van der Waals surface area contributed by atoms with Gasteiger partial charge in [-0.15, -0.1) is 0 Å². The first-order valence-electron chi connectivity index (χ1n) is 13.6. The summed E-state index contributed by atoms with van der Waals surface area (Å²) in [4.78, 5) is 37.6. The van der Waals surface area contributed by atoms with Crippen LogP contribution in [0.15, 0.2) is 79.0 Å². The van der Waals surface area contributed by atoms with Crippen LogP contribution in [0.3, 0.4) is 0 Å². The zero-order valence-corrected chi connectivity index (χ0v) is 22.3. The van der Waals surface area contributed by atoms with Crippen LogP contribution in [-0.2, 0) is 10.2 Å². The number of aromatic nitrogens is 1. The highest BCUT2D eigenvalue weighted by Gasteiger charge is 2.44. The molecule has 8 nitrogen and oxygen atoms in total. The lowest BCUT2D eigenvalue weighted by Crippen LogP contribution is -2.57. The molecular formula is C31H34N6O2. The van der Waals surface area contributed by atoms with Gasteiger partial charge in [0.2, 0.25) is 5.91 Å². The molecule has 0 aliphatic carbocycles. The zero-order valence-electron chi connectivity index (χ0n) is 22.3. The molecule has 1 unspecified atom stereocenters. The number of amides is 3. The van der Waals surface area contributed by atoms with E-state index in [9.17, 15) is 14.9 Å². The number of benzene rings is 2. The molecule has 2 saturated heterocycles. The van der Waals surface area contributed by atoms with Crippen molar-refractivity contribution in [2.75, 3.05) is 44.2 Å². The largest absolute Gasteiger partial charge is 0.353 e. The number of rotatable bonds is 5. The van der Waals surface area contributed by atoms with Crippen LogP contribution in [0.1, 0.15) is 42.5 Å². The van der Waals surface area contributed by atoms with Crippen LogP contribution in [0, 0.1) is 11.3 Å². The molecule has 3 aromatic rings. The molecule has 1 N–H and O–H groups in total. The number of carbonyl (C=O) groups excluding carboxylic acids is 2. The first-order chi connectivity index (χ1) is 19.0. The molecule has 1 atom stereocenters. The van der Waals surface area contributed by atoms with Crippen LogP contribution in [0.4, 0.5) is 10.6 Å². The van der Waals surface area contributed by atoms with Gasteiger partial charge in [0.05, 0.1) is 23.1 Å². The fourth-order valence-corrected chi connectivity index (χ4v) is 5.63. The maximum atomic E-state index is 13.8. The fourth-order valence-electron chi connectivity index (χ4n) is 5.63. The Balaban J connectivity index is 1.23. The highest BCUT2D eigenvalue weighted by Crippen LogP contribution is 2.37. The van der Waals surface area contributed by atoms with Gasteiger partial charge < -0.3 is 20.0 Å². The van der Waals surface area contributed by atoms with E-state index in [0.29, 0.717) is 57.7 Å². The number of likely N-dealkylation sites (tertiary alicyclic amines) is 1. The lowest BCUT2D eigenvalue weighted by molar-refractivity contribution is -0.129. The van der Waals surface area contributed by atoms with Crippen molar-refractivity contribution in [1.82, 2.24) is 20.1 Å². The number of piperidine rings is 1. The van der Waals surface area contributed by atoms with Crippen molar-refractivity contribution in [2.45, 2.75) is 31.2 Å². The van der Waals surface area contributed by atoms with Gasteiger partial charge in [-0.05, 0) is 43.0 Å². The number of hydrogen-bond acceptors (Lipinski definition) is 5. The predicted molar refractivity (Wildman–Crippen MR) is 150 cm³/mol. The summed E-state index contributed by atoms with van der Waals surface area (Å²) in [5, 5.41) is 12.4. The van der Waals surface area contributed by atoms with Crippen molar-refractivity contribution in [1.29, 1.82) is 5.26 Å². The van der Waals surface area contributed by atoms with E-state index in [0.717, 1.165) is 16.9 Å². The maximum Gasteiger partial charge on any atom is 0.320 e. The monoisotopic (exact) mass is 522 g/mol. The summed E-state index contributed by atoms with van der Waals surface area (Å²) in [5.41, 5.74) is 1.96. The van der Waals surface area contributed by atoms with E-state index in [1.165, 1.54) is 0 Å². The van der Waals surface area contributed by atoms with Gasteiger partial charge in [0, 0.05) is 45.5 Å². The lowest BCUT2D eigenvalue weighted by atomic mass is 9.71. The first-order valence-corrected chi connectivity index (χ1v) is 13.6. The summed E-state index contributed by atoms with van der Waals surface area (Å²) < 4.78 is 0. The molecule has 3 heterocycles. The number of anilines is 1. The normalized spacial score (nSPS) is 17.7. The third-order valence-corrected chi connectivity index (χ3v) is 8.04. The molecule has 2 aliphatic rings. The molecule has 0 radical (unpaired) electrons. The second kappa shape index (κ2) is 11.6. The fraction of sp³-hybridized carbons (Fsp3) is 0.355. The minimum Gasteiger partial charge on any atom is -0.353 e. The molecule has 8 heteroatoms. The predicted octanol–water partition coefficient (Wildman–Crippen LogP) is 4.11. The van der Waals surface area contributed by atoms with Crippen molar-refractivity contribution in [3.05, 3.63) is 95.7 Å². The summed E-state index contributed by atoms with van der Waals surface area (Å²) >= 11 is 0. The Bertz CT molecular complexity index is 1320. The number of hydrogen-bond donors (Lipinski definition) is 1. The van der Waals surface area contributed by atoms with E-state index >= 15 is 0 Å². The summed E-state index contributed by atoms with van der Waals surface area (Å²) in [6.07, 6.45) is 2.79. The Morgan fingerprint density at radius 3 is 2.15 bits per heavy atom. The van der Waals surface area contributed by atoms with Crippen LogP contribution in [-0.4, -0.2) is 66.0 Å². The van der Waals surface area contributed by atoms with E-state index in [2.05, 4.69) is 21.3 Å². The number of nitrogens with zero attached hydrogens (tertiary/aromatic N) is 5. The number of nitriles is 1. The minimum absolute atomic E-state index is 0.0119. The topological polar surface area (TPSA) is 92.6 Å². The third-order valence-electron chi connectivity index (χ3n) is 8.04. The average Bonchev–Trinajstić information content (AvgIpc) is 3.01. The minimum atomic E-state index is -0.683. The highest BCUT2D eigenvalue weighted by molar-refractivity contribution is 5.89. The summed E-state index contributed by atoms with van der Waals surface area (Å²) in [6, 6.07) is 25.5. The maximum absolute atomic E-state index is 13.8. The van der Waals surface area contributed by atoms with Gasteiger partial charge in [-0.2, -0.15) is 5.26 Å². The average molecular weight is 523 g/mol. The Labute approximate surface area is 229 Å². The summed E-state index contributed by atoms with van der Waals surface area (Å²) in [5.74, 6) is 0.778. The van der Waals surface area contributed by atoms with E-state index in [1.54, 1.807) is 18.3 Å². The second-order valence-corrected chi connectivity index (χ2v) is 10.3. The molecule has 0 saturated carbocycles. The molecule has 2 aliphatic heterocycles. The van der Waals surface area contributed by atoms with Gasteiger partial charge in [0.25, 0.3) is 0 Å². The number of nitrogens with one attached hydrogen (secondary N) is 1. The third kappa shape index (κ3) is 5.58. The molecule has 2 fully saturated rings. The molecule has 1 aromatic heterocycles. The van der Waals surface area contributed by atoms with Crippen LogP contribution >= 0.6 is 0 Å². The molecule has 2 aromatic carbocycles. The molecule has 200 valence electrons. The van der Waals surface area contributed by atoms with Gasteiger partial charge in [0.1, 0.15) is 5.82 Å². The summed E-state index contributed by atoms with van der Waals surface area (Å²) in [6.45, 7) is 5.56. The molecule has 39 heavy (non-hydrogen) atoms. The van der Waals surface area contributed by atoms with Crippen LogP contribution in [0.5, 0.6) is 0 Å².